The van der Waals surface area contributed by atoms with Gasteiger partial charge in [0.1, 0.15) is 17.5 Å². The summed E-state index contributed by atoms with van der Waals surface area (Å²) >= 11 is 6.16. The molecule has 5 heteroatoms. The van der Waals surface area contributed by atoms with Crippen LogP contribution in [0.2, 0.25) is 5.02 Å². The first-order valence-electron chi connectivity index (χ1n) is 7.57. The van der Waals surface area contributed by atoms with E-state index in [2.05, 4.69) is 34.4 Å². The molecule has 0 aliphatic heterocycles. The third-order valence-corrected chi connectivity index (χ3v) is 3.72. The van der Waals surface area contributed by atoms with Gasteiger partial charge in [-0.05, 0) is 43.9 Å². The lowest BCUT2D eigenvalue weighted by atomic mass is 10.1. The minimum absolute atomic E-state index is 0.669. The number of aryl methyl sites for hydroxylation is 2. The first kappa shape index (κ1) is 16.6. The highest BCUT2D eigenvalue weighted by molar-refractivity contribution is 6.31. The molecule has 0 fully saturated rings. The Hall–Kier alpha value is -1.81. The predicted molar refractivity (Wildman–Crippen MR) is 94.2 cm³/mol. The van der Waals surface area contributed by atoms with E-state index < -0.39 is 0 Å². The molecule has 0 atom stereocenters. The van der Waals surface area contributed by atoms with Gasteiger partial charge < -0.3 is 10.6 Å². The van der Waals surface area contributed by atoms with E-state index in [-0.39, 0.29) is 0 Å². The average molecular weight is 319 g/mol. The van der Waals surface area contributed by atoms with Gasteiger partial charge in [-0.1, -0.05) is 31.5 Å². The Bertz CT molecular complexity index is 641. The molecule has 0 saturated carbocycles. The molecular weight excluding hydrogens is 296 g/mol. The van der Waals surface area contributed by atoms with Crippen LogP contribution in [-0.4, -0.2) is 16.5 Å². The van der Waals surface area contributed by atoms with Gasteiger partial charge in [0.2, 0.25) is 0 Å². The molecule has 4 nitrogen and oxygen atoms in total. The lowest BCUT2D eigenvalue weighted by Crippen LogP contribution is -2.08. The Morgan fingerprint density at radius 3 is 2.50 bits per heavy atom. The molecule has 0 spiro atoms. The van der Waals surface area contributed by atoms with Gasteiger partial charge in [0, 0.05) is 23.3 Å². The van der Waals surface area contributed by atoms with Crippen molar-refractivity contribution in [3.63, 3.8) is 0 Å². The topological polar surface area (TPSA) is 49.8 Å². The molecular formula is C17H23ClN4. The first-order chi connectivity index (χ1) is 10.4. The SMILES string of the molecule is Cc1nc(NCCC(C)C)cc(Nc2ccc(C)c(Cl)c2)n1. The minimum Gasteiger partial charge on any atom is -0.370 e. The van der Waals surface area contributed by atoms with E-state index in [1.807, 2.05) is 38.1 Å². The van der Waals surface area contributed by atoms with Gasteiger partial charge in [-0.15, -0.1) is 0 Å². The van der Waals surface area contributed by atoms with Gasteiger partial charge >= 0.3 is 0 Å². The lowest BCUT2D eigenvalue weighted by Gasteiger charge is -2.11. The molecule has 0 radical (unpaired) electrons. The molecule has 0 aliphatic carbocycles. The predicted octanol–water partition coefficient (Wildman–Crippen LogP) is 4.95. The van der Waals surface area contributed by atoms with E-state index in [0.717, 1.165) is 46.7 Å². The van der Waals surface area contributed by atoms with Crippen LogP contribution in [-0.2, 0) is 0 Å². The lowest BCUT2D eigenvalue weighted by molar-refractivity contribution is 0.606. The van der Waals surface area contributed by atoms with Gasteiger partial charge in [-0.25, -0.2) is 9.97 Å². The second-order valence-electron chi connectivity index (χ2n) is 5.88. The maximum Gasteiger partial charge on any atom is 0.136 e. The molecule has 1 heterocycles. The van der Waals surface area contributed by atoms with Crippen LogP contribution < -0.4 is 10.6 Å². The second-order valence-corrected chi connectivity index (χ2v) is 6.29. The molecule has 1 aromatic carbocycles. The quantitative estimate of drug-likeness (QED) is 0.791. The van der Waals surface area contributed by atoms with Crippen molar-refractivity contribution < 1.29 is 0 Å². The second kappa shape index (κ2) is 7.45. The third-order valence-electron chi connectivity index (χ3n) is 3.31. The number of anilines is 3. The Labute approximate surface area is 137 Å². The van der Waals surface area contributed by atoms with Crippen molar-refractivity contribution in [3.05, 3.63) is 40.7 Å². The van der Waals surface area contributed by atoms with Crippen molar-refractivity contribution in [3.8, 4) is 0 Å². The van der Waals surface area contributed by atoms with Gasteiger partial charge in [-0.3, -0.25) is 0 Å². The van der Waals surface area contributed by atoms with Gasteiger partial charge in [0.15, 0.2) is 0 Å². The van der Waals surface area contributed by atoms with E-state index in [1.54, 1.807) is 0 Å². The van der Waals surface area contributed by atoms with Crippen molar-refractivity contribution in [1.29, 1.82) is 0 Å². The van der Waals surface area contributed by atoms with Crippen LogP contribution in [0.1, 0.15) is 31.7 Å². The fraction of sp³-hybridized carbons (Fsp3) is 0.412. The van der Waals surface area contributed by atoms with Crippen LogP contribution in [0, 0.1) is 19.8 Å². The van der Waals surface area contributed by atoms with Crippen LogP contribution in [0.5, 0.6) is 0 Å². The van der Waals surface area contributed by atoms with E-state index in [4.69, 9.17) is 11.6 Å². The first-order valence-corrected chi connectivity index (χ1v) is 7.94. The van der Waals surface area contributed by atoms with Crippen LogP contribution >= 0.6 is 11.6 Å². The summed E-state index contributed by atoms with van der Waals surface area (Å²) in [5.74, 6) is 3.01. The number of hydrogen-bond donors (Lipinski definition) is 2. The molecule has 2 rings (SSSR count). The zero-order chi connectivity index (χ0) is 16.1. The number of benzene rings is 1. The number of aromatic nitrogens is 2. The molecule has 1 aromatic heterocycles. The van der Waals surface area contributed by atoms with Crippen molar-refractivity contribution in [1.82, 2.24) is 9.97 Å². The van der Waals surface area contributed by atoms with E-state index in [0.29, 0.717) is 5.92 Å². The van der Waals surface area contributed by atoms with Gasteiger partial charge in [-0.2, -0.15) is 0 Å². The van der Waals surface area contributed by atoms with Gasteiger partial charge in [0.25, 0.3) is 0 Å². The van der Waals surface area contributed by atoms with Crippen molar-refractivity contribution in [2.45, 2.75) is 34.1 Å². The standard InChI is InChI=1S/C17H23ClN4/c1-11(2)7-8-19-16-10-17(21-13(4)20-16)22-14-6-5-12(3)15(18)9-14/h5-6,9-11H,7-8H2,1-4H3,(H2,19,20,21,22). The summed E-state index contributed by atoms with van der Waals surface area (Å²) < 4.78 is 0. The summed E-state index contributed by atoms with van der Waals surface area (Å²) in [4.78, 5) is 8.83. The number of nitrogens with zero attached hydrogens (tertiary/aromatic N) is 2. The Kier molecular flexibility index (Phi) is 5.61. The van der Waals surface area contributed by atoms with E-state index in [9.17, 15) is 0 Å². The van der Waals surface area contributed by atoms with Crippen molar-refractivity contribution >= 4 is 28.9 Å². The van der Waals surface area contributed by atoms with Crippen LogP contribution in [0.15, 0.2) is 24.3 Å². The molecule has 2 N–H and O–H groups in total. The monoisotopic (exact) mass is 318 g/mol. The number of rotatable bonds is 6. The Morgan fingerprint density at radius 2 is 1.82 bits per heavy atom. The summed E-state index contributed by atoms with van der Waals surface area (Å²) in [5, 5.41) is 7.36. The average Bonchev–Trinajstić information content (AvgIpc) is 2.42. The molecule has 0 amide bonds. The van der Waals surface area contributed by atoms with Crippen molar-refractivity contribution in [2.24, 2.45) is 5.92 Å². The fourth-order valence-electron chi connectivity index (χ4n) is 2.03. The maximum absolute atomic E-state index is 6.16. The largest absolute Gasteiger partial charge is 0.370 e. The third kappa shape index (κ3) is 4.88. The Balaban J connectivity index is 2.10. The zero-order valence-electron chi connectivity index (χ0n) is 13.6. The molecule has 0 unspecified atom stereocenters. The van der Waals surface area contributed by atoms with Crippen molar-refractivity contribution in [2.75, 3.05) is 17.2 Å². The van der Waals surface area contributed by atoms with E-state index in [1.165, 1.54) is 0 Å². The molecule has 118 valence electrons. The number of nitrogens with one attached hydrogen (secondary N) is 2. The Morgan fingerprint density at radius 1 is 1.09 bits per heavy atom. The summed E-state index contributed by atoms with van der Waals surface area (Å²) in [7, 11) is 0. The molecule has 0 bridgehead atoms. The summed E-state index contributed by atoms with van der Waals surface area (Å²) in [6, 6.07) is 7.80. The van der Waals surface area contributed by atoms with Crippen LogP contribution in [0.25, 0.3) is 0 Å². The summed E-state index contributed by atoms with van der Waals surface area (Å²) in [6.45, 7) is 9.20. The van der Waals surface area contributed by atoms with E-state index >= 15 is 0 Å². The van der Waals surface area contributed by atoms with Crippen LogP contribution in [0.3, 0.4) is 0 Å². The molecule has 0 saturated heterocycles. The smallest absolute Gasteiger partial charge is 0.136 e. The summed E-state index contributed by atoms with van der Waals surface area (Å²) in [5.41, 5.74) is 1.98. The highest BCUT2D eigenvalue weighted by Crippen LogP contribution is 2.23. The highest BCUT2D eigenvalue weighted by atomic mass is 35.5. The number of hydrogen-bond acceptors (Lipinski definition) is 4. The molecule has 22 heavy (non-hydrogen) atoms. The maximum atomic E-state index is 6.16. The highest BCUT2D eigenvalue weighted by Gasteiger charge is 2.04. The minimum atomic E-state index is 0.669. The zero-order valence-corrected chi connectivity index (χ0v) is 14.3. The fourth-order valence-corrected chi connectivity index (χ4v) is 2.21. The van der Waals surface area contributed by atoms with Crippen LogP contribution in [0.4, 0.5) is 17.3 Å². The van der Waals surface area contributed by atoms with Gasteiger partial charge in [0.05, 0.1) is 0 Å². The molecule has 0 aliphatic rings. The normalized spacial score (nSPS) is 10.8. The molecule has 2 aromatic rings. The number of halogens is 1. The summed E-state index contributed by atoms with van der Waals surface area (Å²) in [6.07, 6.45) is 1.11.